The molecule has 0 unspecified atom stereocenters. The van der Waals surface area contributed by atoms with Crippen molar-refractivity contribution in [2.75, 3.05) is 27.2 Å². The van der Waals surface area contributed by atoms with Crippen molar-refractivity contribution in [1.82, 2.24) is 15.1 Å². The minimum atomic E-state index is -0.180. The smallest absolute Gasteiger partial charge is 0.256 e. The van der Waals surface area contributed by atoms with E-state index in [9.17, 15) is 4.79 Å². The normalized spacial score (nSPS) is 10.9. The second kappa shape index (κ2) is 6.74. The van der Waals surface area contributed by atoms with Gasteiger partial charge in [-0.05, 0) is 19.1 Å². The molecule has 0 spiro atoms. The average molecular weight is 308 g/mol. The Morgan fingerprint density at radius 1 is 1.33 bits per heavy atom. The van der Waals surface area contributed by atoms with Gasteiger partial charge in [0.15, 0.2) is 0 Å². The van der Waals surface area contributed by atoms with Crippen LogP contribution in [0.1, 0.15) is 16.1 Å². The lowest BCUT2D eigenvalue weighted by atomic mass is 10.2. The number of quaternary nitrogens is 1. The summed E-state index contributed by atoms with van der Waals surface area (Å²) in [6.07, 6.45) is 0. The number of carbonyl (C=O) groups is 1. The molecule has 0 saturated heterocycles. The van der Waals surface area contributed by atoms with Crippen LogP contribution in [0.25, 0.3) is 5.69 Å². The number of nitrogens with one attached hydrogen (secondary N) is 2. The van der Waals surface area contributed by atoms with Crippen LogP contribution in [-0.4, -0.2) is 42.9 Å². The molecule has 6 heteroatoms. The van der Waals surface area contributed by atoms with Crippen molar-refractivity contribution in [3.05, 3.63) is 46.7 Å². The first-order valence-electron chi connectivity index (χ1n) is 6.88. The molecule has 0 aliphatic carbocycles. The molecule has 21 heavy (non-hydrogen) atoms. The number of aryl methyl sites for hydroxylation is 1. The van der Waals surface area contributed by atoms with Crippen LogP contribution < -0.4 is 10.2 Å². The molecule has 2 aromatic rings. The summed E-state index contributed by atoms with van der Waals surface area (Å²) in [5.74, 6) is -0.180. The van der Waals surface area contributed by atoms with Crippen molar-refractivity contribution in [3.8, 4) is 5.69 Å². The first kappa shape index (κ1) is 15.5. The van der Waals surface area contributed by atoms with Gasteiger partial charge in [-0.1, -0.05) is 29.8 Å². The van der Waals surface area contributed by atoms with E-state index < -0.39 is 0 Å². The maximum Gasteiger partial charge on any atom is 0.256 e. The van der Waals surface area contributed by atoms with Crippen molar-refractivity contribution in [1.29, 1.82) is 0 Å². The van der Waals surface area contributed by atoms with Crippen LogP contribution >= 0.6 is 11.6 Å². The first-order valence-corrected chi connectivity index (χ1v) is 7.26. The van der Waals surface area contributed by atoms with Crippen molar-refractivity contribution in [2.45, 2.75) is 6.92 Å². The van der Waals surface area contributed by atoms with Crippen LogP contribution in [0.15, 0.2) is 30.3 Å². The predicted molar refractivity (Wildman–Crippen MR) is 83.3 cm³/mol. The van der Waals surface area contributed by atoms with E-state index in [-0.39, 0.29) is 5.91 Å². The third kappa shape index (κ3) is 3.62. The van der Waals surface area contributed by atoms with Crippen LogP contribution in [0, 0.1) is 6.92 Å². The SMILES string of the molecule is Cc1nn(-c2ccccc2)c(Cl)c1C(=O)NCC[NH+](C)C. The highest BCUT2D eigenvalue weighted by atomic mass is 35.5. The van der Waals surface area contributed by atoms with E-state index in [1.807, 2.05) is 44.4 Å². The highest BCUT2D eigenvalue weighted by molar-refractivity contribution is 6.33. The van der Waals surface area contributed by atoms with Gasteiger partial charge in [0.1, 0.15) is 5.15 Å². The van der Waals surface area contributed by atoms with Crippen molar-refractivity contribution in [3.63, 3.8) is 0 Å². The predicted octanol–water partition coefficient (Wildman–Crippen LogP) is 0.708. The fraction of sp³-hybridized carbons (Fsp3) is 0.333. The minimum Gasteiger partial charge on any atom is -0.346 e. The third-order valence-electron chi connectivity index (χ3n) is 3.14. The van der Waals surface area contributed by atoms with Gasteiger partial charge in [-0.3, -0.25) is 4.79 Å². The van der Waals surface area contributed by atoms with Gasteiger partial charge in [0.25, 0.3) is 5.91 Å². The largest absolute Gasteiger partial charge is 0.346 e. The molecule has 0 radical (unpaired) electrons. The molecule has 0 fully saturated rings. The number of hydrogen-bond donors (Lipinski definition) is 2. The number of para-hydroxylation sites is 1. The summed E-state index contributed by atoms with van der Waals surface area (Å²) in [6.45, 7) is 3.25. The van der Waals surface area contributed by atoms with E-state index in [1.165, 1.54) is 4.90 Å². The van der Waals surface area contributed by atoms with Gasteiger partial charge in [0, 0.05) is 0 Å². The molecule has 2 rings (SSSR count). The molecule has 2 N–H and O–H groups in total. The number of halogens is 1. The van der Waals surface area contributed by atoms with E-state index >= 15 is 0 Å². The number of amides is 1. The van der Waals surface area contributed by atoms with Gasteiger partial charge in [0.2, 0.25) is 0 Å². The van der Waals surface area contributed by atoms with Crippen molar-refractivity contribution < 1.29 is 9.69 Å². The zero-order chi connectivity index (χ0) is 15.4. The molecule has 1 heterocycles. The fourth-order valence-corrected chi connectivity index (χ4v) is 2.37. The third-order valence-corrected chi connectivity index (χ3v) is 3.49. The molecule has 112 valence electrons. The molecule has 0 aliphatic heterocycles. The van der Waals surface area contributed by atoms with E-state index in [0.717, 1.165) is 12.2 Å². The summed E-state index contributed by atoms with van der Waals surface area (Å²) in [5.41, 5.74) is 1.90. The van der Waals surface area contributed by atoms with E-state index in [4.69, 9.17) is 11.6 Å². The van der Waals surface area contributed by atoms with Gasteiger partial charge in [-0.25, -0.2) is 4.68 Å². The quantitative estimate of drug-likeness (QED) is 0.855. The van der Waals surface area contributed by atoms with E-state index in [1.54, 1.807) is 11.6 Å². The number of benzene rings is 1. The van der Waals surface area contributed by atoms with Gasteiger partial charge < -0.3 is 10.2 Å². The van der Waals surface area contributed by atoms with Crippen LogP contribution in [-0.2, 0) is 0 Å². The van der Waals surface area contributed by atoms with Crippen LogP contribution in [0.5, 0.6) is 0 Å². The lowest BCUT2D eigenvalue weighted by Crippen LogP contribution is -3.06. The molecule has 0 saturated carbocycles. The summed E-state index contributed by atoms with van der Waals surface area (Å²) in [6, 6.07) is 9.53. The van der Waals surface area contributed by atoms with E-state index in [2.05, 4.69) is 10.4 Å². The van der Waals surface area contributed by atoms with Gasteiger partial charge in [-0.2, -0.15) is 5.10 Å². The molecular formula is C15H20ClN4O+. The van der Waals surface area contributed by atoms with E-state index in [0.29, 0.717) is 23.0 Å². The highest BCUT2D eigenvalue weighted by Gasteiger charge is 2.20. The van der Waals surface area contributed by atoms with Crippen molar-refractivity contribution >= 4 is 17.5 Å². The Morgan fingerprint density at radius 3 is 2.62 bits per heavy atom. The Bertz CT molecular complexity index is 622. The Labute approximate surface area is 129 Å². The van der Waals surface area contributed by atoms with Crippen LogP contribution in [0.2, 0.25) is 5.15 Å². The molecule has 0 aliphatic rings. The number of carbonyl (C=O) groups excluding carboxylic acids is 1. The molecule has 1 amide bonds. The topological polar surface area (TPSA) is 51.4 Å². The lowest BCUT2D eigenvalue weighted by molar-refractivity contribution is -0.856. The Kier molecular flexibility index (Phi) is 4.98. The zero-order valence-corrected chi connectivity index (χ0v) is 13.2. The second-order valence-corrected chi connectivity index (χ2v) is 5.57. The summed E-state index contributed by atoms with van der Waals surface area (Å²) in [5, 5.41) is 7.58. The monoisotopic (exact) mass is 307 g/mol. The number of hydrogen-bond acceptors (Lipinski definition) is 2. The molecule has 0 atom stereocenters. The van der Waals surface area contributed by atoms with Gasteiger partial charge in [0.05, 0.1) is 44.1 Å². The Morgan fingerprint density at radius 2 is 2.00 bits per heavy atom. The van der Waals surface area contributed by atoms with Crippen LogP contribution in [0.4, 0.5) is 0 Å². The van der Waals surface area contributed by atoms with Crippen molar-refractivity contribution in [2.24, 2.45) is 0 Å². The minimum absolute atomic E-state index is 0.180. The standard InChI is InChI=1S/C15H19ClN4O/c1-11-13(15(21)17-9-10-19(2)3)14(16)20(18-11)12-7-5-4-6-8-12/h4-8H,9-10H2,1-3H3,(H,17,21)/p+1. The molecule has 0 bridgehead atoms. The summed E-state index contributed by atoms with van der Waals surface area (Å²) in [4.78, 5) is 13.5. The molecule has 1 aromatic heterocycles. The maximum atomic E-state index is 12.3. The number of rotatable bonds is 5. The summed E-state index contributed by atoms with van der Waals surface area (Å²) >= 11 is 6.33. The number of likely N-dealkylation sites (N-methyl/N-ethyl adjacent to an activating group) is 1. The average Bonchev–Trinajstić information content (AvgIpc) is 2.74. The molecule has 1 aromatic carbocycles. The number of nitrogens with zero attached hydrogens (tertiary/aromatic N) is 2. The molecule has 5 nitrogen and oxygen atoms in total. The van der Waals surface area contributed by atoms with Gasteiger partial charge in [-0.15, -0.1) is 0 Å². The second-order valence-electron chi connectivity index (χ2n) is 5.21. The highest BCUT2D eigenvalue weighted by Crippen LogP contribution is 2.23. The number of aromatic nitrogens is 2. The Balaban J connectivity index is 2.22. The summed E-state index contributed by atoms with van der Waals surface area (Å²) < 4.78 is 1.59. The van der Waals surface area contributed by atoms with Crippen LogP contribution in [0.3, 0.4) is 0 Å². The first-order chi connectivity index (χ1) is 10.0. The lowest BCUT2D eigenvalue weighted by Gasteiger charge is -2.08. The van der Waals surface area contributed by atoms with Gasteiger partial charge >= 0.3 is 0 Å². The fourth-order valence-electron chi connectivity index (χ4n) is 2.01. The summed E-state index contributed by atoms with van der Waals surface area (Å²) in [7, 11) is 4.08. The molecular weight excluding hydrogens is 288 g/mol. The zero-order valence-electron chi connectivity index (χ0n) is 12.5. The Hall–Kier alpha value is -1.85. The maximum absolute atomic E-state index is 12.3.